The lowest BCUT2D eigenvalue weighted by atomic mass is 9.78. The zero-order valence-electron chi connectivity index (χ0n) is 18.1. The Kier molecular flexibility index (Phi) is 7.64. The summed E-state index contributed by atoms with van der Waals surface area (Å²) in [7, 11) is 3.45. The van der Waals surface area contributed by atoms with Gasteiger partial charge in [-0.15, -0.1) is 0 Å². The van der Waals surface area contributed by atoms with Gasteiger partial charge in [-0.05, 0) is 36.8 Å². The standard InChI is InChI=1S/C25H36O4/c1-28-24(13-7-3-8-14-24)18-22(26)20-11-5-6-12-21(17-20)23(27)19-25(29-2)15-9-4-10-16-25/h5-6,11-12H,3-4,7-10,13-19H2,1-2H3. The molecule has 2 fully saturated rings. The molecule has 0 heterocycles. The first-order valence-electron chi connectivity index (χ1n) is 11.2. The van der Waals surface area contributed by atoms with E-state index in [1.54, 1.807) is 14.2 Å². The fourth-order valence-corrected chi connectivity index (χ4v) is 5.16. The van der Waals surface area contributed by atoms with E-state index in [4.69, 9.17) is 9.47 Å². The molecule has 0 aromatic carbocycles. The molecule has 0 unspecified atom stereocenters. The van der Waals surface area contributed by atoms with Crippen LogP contribution in [0.4, 0.5) is 0 Å². The van der Waals surface area contributed by atoms with E-state index in [0.29, 0.717) is 19.3 Å². The van der Waals surface area contributed by atoms with E-state index in [9.17, 15) is 9.59 Å². The summed E-state index contributed by atoms with van der Waals surface area (Å²) in [5.74, 6) is 0.219. The molecular formula is C25H36O4. The summed E-state index contributed by atoms with van der Waals surface area (Å²) in [5.41, 5.74) is 0.774. The van der Waals surface area contributed by atoms with Crippen LogP contribution in [0.3, 0.4) is 0 Å². The average molecular weight is 401 g/mol. The van der Waals surface area contributed by atoms with Gasteiger partial charge in [0.25, 0.3) is 0 Å². The Hall–Kier alpha value is -1.52. The molecule has 0 saturated heterocycles. The highest BCUT2D eigenvalue weighted by Crippen LogP contribution is 2.37. The van der Waals surface area contributed by atoms with Crippen molar-refractivity contribution in [3.63, 3.8) is 0 Å². The van der Waals surface area contributed by atoms with Gasteiger partial charge in [-0.25, -0.2) is 0 Å². The van der Waals surface area contributed by atoms with Crippen molar-refractivity contribution in [3.05, 3.63) is 35.5 Å². The van der Waals surface area contributed by atoms with Gasteiger partial charge in [0.1, 0.15) is 0 Å². The Morgan fingerprint density at radius 2 is 1.10 bits per heavy atom. The quantitative estimate of drug-likeness (QED) is 0.546. The number of allylic oxidation sites excluding steroid dienone is 6. The summed E-state index contributed by atoms with van der Waals surface area (Å²) in [6.07, 6.45) is 19.4. The van der Waals surface area contributed by atoms with Gasteiger partial charge in [0.05, 0.1) is 11.2 Å². The van der Waals surface area contributed by atoms with Crippen molar-refractivity contribution in [1.82, 2.24) is 0 Å². The Bertz CT molecular complexity index is 628. The summed E-state index contributed by atoms with van der Waals surface area (Å²) in [6.45, 7) is 0. The van der Waals surface area contributed by atoms with Crippen LogP contribution in [0.2, 0.25) is 0 Å². The first kappa shape index (κ1) is 22.2. The van der Waals surface area contributed by atoms with Gasteiger partial charge in [-0.3, -0.25) is 9.59 Å². The number of methoxy groups -OCH3 is 2. The largest absolute Gasteiger partial charge is 0.378 e. The summed E-state index contributed by atoms with van der Waals surface area (Å²) in [6, 6.07) is 0. The molecular weight excluding hydrogens is 364 g/mol. The number of Topliss-reactive ketones (excluding diaryl/α,β-unsaturated/α-hetero) is 2. The SMILES string of the molecule is COC1(CC(=O)C2=CC=CC=C(C(=O)CC3(OC)CCCCC3)C2)CCCCC1. The zero-order valence-corrected chi connectivity index (χ0v) is 18.1. The Morgan fingerprint density at radius 1 is 0.724 bits per heavy atom. The zero-order chi connectivity index (χ0) is 20.7. The molecule has 0 bridgehead atoms. The predicted octanol–water partition coefficient (Wildman–Crippen LogP) is 5.42. The fourth-order valence-electron chi connectivity index (χ4n) is 5.16. The number of hydrogen-bond acceptors (Lipinski definition) is 4. The third-order valence-corrected chi connectivity index (χ3v) is 7.16. The highest BCUT2D eigenvalue weighted by atomic mass is 16.5. The van der Waals surface area contributed by atoms with E-state index in [1.165, 1.54) is 12.8 Å². The number of rotatable bonds is 8. The summed E-state index contributed by atoms with van der Waals surface area (Å²) in [5, 5.41) is 0. The predicted molar refractivity (Wildman–Crippen MR) is 115 cm³/mol. The van der Waals surface area contributed by atoms with Crippen molar-refractivity contribution >= 4 is 11.6 Å². The number of carbonyl (C=O) groups is 2. The lowest BCUT2D eigenvalue weighted by molar-refractivity contribution is -0.124. The van der Waals surface area contributed by atoms with Gasteiger partial charge < -0.3 is 9.47 Å². The van der Waals surface area contributed by atoms with E-state index < -0.39 is 0 Å². The molecule has 29 heavy (non-hydrogen) atoms. The van der Waals surface area contributed by atoms with E-state index in [1.807, 2.05) is 24.3 Å². The molecule has 0 atom stereocenters. The lowest BCUT2D eigenvalue weighted by Crippen LogP contribution is -2.37. The van der Waals surface area contributed by atoms with Crippen molar-refractivity contribution < 1.29 is 19.1 Å². The molecule has 160 valence electrons. The van der Waals surface area contributed by atoms with Gasteiger partial charge in [-0.1, -0.05) is 62.8 Å². The maximum absolute atomic E-state index is 13.1. The molecule has 4 nitrogen and oxygen atoms in total. The molecule has 3 aliphatic carbocycles. The minimum atomic E-state index is -0.331. The monoisotopic (exact) mass is 400 g/mol. The molecule has 0 radical (unpaired) electrons. The number of ether oxygens (including phenoxy) is 2. The molecule has 0 amide bonds. The second-order valence-electron chi connectivity index (χ2n) is 9.04. The second kappa shape index (κ2) is 9.99. The highest BCUT2D eigenvalue weighted by Gasteiger charge is 2.37. The lowest BCUT2D eigenvalue weighted by Gasteiger charge is -2.36. The third-order valence-electron chi connectivity index (χ3n) is 7.16. The molecule has 0 N–H and O–H groups in total. The van der Waals surface area contributed by atoms with E-state index in [0.717, 1.165) is 62.5 Å². The van der Waals surface area contributed by atoms with Crippen LogP contribution >= 0.6 is 0 Å². The van der Waals surface area contributed by atoms with Gasteiger partial charge >= 0.3 is 0 Å². The first-order valence-corrected chi connectivity index (χ1v) is 11.2. The van der Waals surface area contributed by atoms with Crippen molar-refractivity contribution in [2.24, 2.45) is 0 Å². The smallest absolute Gasteiger partial charge is 0.162 e. The number of carbonyl (C=O) groups excluding carboxylic acids is 2. The normalized spacial score (nSPS) is 23.7. The van der Waals surface area contributed by atoms with Crippen LogP contribution in [0.5, 0.6) is 0 Å². The number of hydrogen-bond donors (Lipinski definition) is 0. The van der Waals surface area contributed by atoms with Gasteiger partial charge in [0.15, 0.2) is 11.6 Å². The van der Waals surface area contributed by atoms with Gasteiger partial charge in [0.2, 0.25) is 0 Å². The van der Waals surface area contributed by atoms with Crippen LogP contribution in [0, 0.1) is 0 Å². The van der Waals surface area contributed by atoms with Crippen LogP contribution in [-0.2, 0) is 19.1 Å². The van der Waals surface area contributed by atoms with E-state index >= 15 is 0 Å². The van der Waals surface area contributed by atoms with Crippen LogP contribution in [0.25, 0.3) is 0 Å². The van der Waals surface area contributed by atoms with E-state index in [-0.39, 0.29) is 22.8 Å². The first-order chi connectivity index (χ1) is 14.0. The van der Waals surface area contributed by atoms with Gasteiger partial charge in [-0.2, -0.15) is 0 Å². The molecule has 4 heteroatoms. The second-order valence-corrected chi connectivity index (χ2v) is 9.04. The molecule has 0 aromatic heterocycles. The maximum atomic E-state index is 13.1. The minimum absolute atomic E-state index is 0.109. The third kappa shape index (κ3) is 5.55. The van der Waals surface area contributed by atoms with Crippen molar-refractivity contribution in [2.45, 2.75) is 94.7 Å². The summed E-state index contributed by atoms with van der Waals surface area (Å²) >= 11 is 0. The molecule has 2 saturated carbocycles. The Labute approximate surface area is 175 Å². The Balaban J connectivity index is 1.66. The highest BCUT2D eigenvalue weighted by molar-refractivity contribution is 6.02. The molecule has 0 aliphatic heterocycles. The van der Waals surface area contributed by atoms with Crippen LogP contribution in [-0.4, -0.2) is 37.0 Å². The maximum Gasteiger partial charge on any atom is 0.162 e. The van der Waals surface area contributed by atoms with Crippen LogP contribution in [0.15, 0.2) is 35.5 Å². The average Bonchev–Trinajstić information content (AvgIpc) is 3.02. The van der Waals surface area contributed by atoms with Crippen molar-refractivity contribution in [1.29, 1.82) is 0 Å². The number of ketones is 2. The van der Waals surface area contributed by atoms with Crippen LogP contribution < -0.4 is 0 Å². The van der Waals surface area contributed by atoms with Crippen molar-refractivity contribution in [3.8, 4) is 0 Å². The fraction of sp³-hybridized carbons (Fsp3) is 0.680. The molecule has 3 rings (SSSR count). The van der Waals surface area contributed by atoms with Gasteiger partial charge in [0, 0.05) is 33.5 Å². The Morgan fingerprint density at radius 3 is 1.45 bits per heavy atom. The minimum Gasteiger partial charge on any atom is -0.378 e. The molecule has 0 spiro atoms. The topological polar surface area (TPSA) is 52.6 Å². The van der Waals surface area contributed by atoms with Crippen molar-refractivity contribution in [2.75, 3.05) is 14.2 Å². The summed E-state index contributed by atoms with van der Waals surface area (Å²) < 4.78 is 11.6. The summed E-state index contributed by atoms with van der Waals surface area (Å²) in [4.78, 5) is 26.2. The van der Waals surface area contributed by atoms with E-state index in [2.05, 4.69) is 0 Å². The molecule has 0 aromatic rings. The molecule has 3 aliphatic rings. The van der Waals surface area contributed by atoms with Crippen LogP contribution in [0.1, 0.15) is 83.5 Å².